The zero-order valence-electron chi connectivity index (χ0n) is 22.0. The summed E-state index contributed by atoms with van der Waals surface area (Å²) in [4.78, 5) is 34.5. The number of fused-ring (bicyclic) bond motifs is 1. The molecule has 0 aliphatic carbocycles. The number of carbonyl (C=O) groups is 2. The second kappa shape index (κ2) is 10.2. The molecule has 0 unspecified atom stereocenters. The lowest BCUT2D eigenvalue weighted by molar-refractivity contribution is -0.152. The lowest BCUT2D eigenvalue weighted by Gasteiger charge is -2.23. The van der Waals surface area contributed by atoms with E-state index in [0.717, 1.165) is 33.3 Å². The maximum atomic E-state index is 13.1. The lowest BCUT2D eigenvalue weighted by atomic mass is 9.99. The number of nitrogens with one attached hydrogen (secondary N) is 2. The number of aromatic amines is 1. The minimum Gasteiger partial charge on any atom is -0.453 e. The van der Waals surface area contributed by atoms with E-state index in [4.69, 9.17) is 25.9 Å². The molecule has 11 nitrogen and oxygen atoms in total. The Kier molecular flexibility index (Phi) is 6.53. The van der Waals surface area contributed by atoms with Gasteiger partial charge in [-0.1, -0.05) is 36.4 Å². The van der Waals surface area contributed by atoms with Crippen LogP contribution >= 0.6 is 0 Å². The van der Waals surface area contributed by atoms with Crippen LogP contribution in [0.4, 0.5) is 16.2 Å². The van der Waals surface area contributed by atoms with Crippen molar-refractivity contribution >= 4 is 34.4 Å². The molecule has 206 valence electrons. The predicted molar refractivity (Wildman–Crippen MR) is 150 cm³/mol. The van der Waals surface area contributed by atoms with Crippen molar-refractivity contribution < 1.29 is 23.8 Å². The predicted octanol–water partition coefficient (Wildman–Crippen LogP) is 3.43. The van der Waals surface area contributed by atoms with Crippen molar-refractivity contribution in [2.45, 2.75) is 18.2 Å². The van der Waals surface area contributed by atoms with E-state index in [1.165, 1.54) is 7.11 Å². The van der Waals surface area contributed by atoms with Crippen molar-refractivity contribution in [1.29, 1.82) is 0 Å². The van der Waals surface area contributed by atoms with Crippen molar-refractivity contribution in [2.24, 2.45) is 0 Å². The van der Waals surface area contributed by atoms with Gasteiger partial charge in [0.25, 0.3) is 0 Å². The number of anilines is 2. The average Bonchev–Trinajstić information content (AvgIpc) is 3.71. The van der Waals surface area contributed by atoms with Crippen molar-refractivity contribution in [3.8, 4) is 22.3 Å². The first-order valence-corrected chi connectivity index (χ1v) is 13.0. The number of methoxy groups -OCH3 is 1. The number of rotatable bonds is 5. The summed E-state index contributed by atoms with van der Waals surface area (Å²) in [6.45, 7) is 0.961. The van der Waals surface area contributed by atoms with Crippen LogP contribution in [-0.4, -0.2) is 66.1 Å². The summed E-state index contributed by atoms with van der Waals surface area (Å²) in [6.07, 6.45) is -0.241. The Morgan fingerprint density at radius 3 is 2.33 bits per heavy atom. The Labute approximate surface area is 230 Å². The summed E-state index contributed by atoms with van der Waals surface area (Å²) in [5.74, 6) is -0.534. The van der Waals surface area contributed by atoms with Gasteiger partial charge in [-0.3, -0.25) is 4.79 Å². The van der Waals surface area contributed by atoms with E-state index >= 15 is 0 Å². The number of carbonyl (C=O) groups excluding carboxylic acids is 2. The Balaban J connectivity index is 1.26. The number of hydrogen-bond donors (Lipinski definition) is 4. The van der Waals surface area contributed by atoms with Gasteiger partial charge in [-0.05, 0) is 46.5 Å². The zero-order chi connectivity index (χ0) is 27.9. The second-order valence-electron chi connectivity index (χ2n) is 9.97. The largest absolute Gasteiger partial charge is 0.453 e. The molecule has 3 heterocycles. The molecule has 2 saturated heterocycles. The normalized spacial score (nSPS) is 17.9. The Morgan fingerprint density at radius 2 is 1.65 bits per heavy atom. The molecule has 1 spiro atoms. The van der Waals surface area contributed by atoms with E-state index in [2.05, 4.69) is 27.2 Å². The molecular formula is C29H30N6O5. The molecule has 1 aromatic heterocycles. The lowest BCUT2D eigenvalue weighted by Crippen LogP contribution is -2.42. The number of nitrogens with two attached hydrogens (primary N) is 2. The summed E-state index contributed by atoms with van der Waals surface area (Å²) in [6, 6.07) is 19.5. The Morgan fingerprint density at radius 1 is 1.00 bits per heavy atom. The molecule has 11 heteroatoms. The van der Waals surface area contributed by atoms with E-state index < -0.39 is 17.9 Å². The summed E-state index contributed by atoms with van der Waals surface area (Å²) in [7, 11) is 1.25. The third-order valence-electron chi connectivity index (χ3n) is 7.45. The number of ether oxygens (including phenoxy) is 3. The quantitative estimate of drug-likeness (QED) is 0.279. The van der Waals surface area contributed by atoms with Gasteiger partial charge < -0.3 is 40.9 Å². The van der Waals surface area contributed by atoms with Gasteiger partial charge in [-0.2, -0.15) is 0 Å². The molecule has 2 aliphatic heterocycles. The first-order chi connectivity index (χ1) is 19.3. The third kappa shape index (κ3) is 4.80. The van der Waals surface area contributed by atoms with E-state index in [-0.39, 0.29) is 19.0 Å². The highest BCUT2D eigenvalue weighted by Gasteiger charge is 2.51. The summed E-state index contributed by atoms with van der Waals surface area (Å²) in [5, 5.41) is 2.46. The van der Waals surface area contributed by atoms with Crippen LogP contribution < -0.4 is 16.8 Å². The number of aromatic nitrogens is 2. The molecule has 40 heavy (non-hydrogen) atoms. The first-order valence-electron chi connectivity index (χ1n) is 13.0. The number of amides is 2. The smallest absolute Gasteiger partial charge is 0.407 e. The highest BCUT2D eigenvalue weighted by molar-refractivity contribution is 5.85. The van der Waals surface area contributed by atoms with Crippen molar-refractivity contribution in [2.75, 3.05) is 44.9 Å². The van der Waals surface area contributed by atoms with Gasteiger partial charge in [0.2, 0.25) is 5.91 Å². The van der Waals surface area contributed by atoms with Gasteiger partial charge in [0, 0.05) is 6.42 Å². The maximum absolute atomic E-state index is 13.1. The zero-order valence-corrected chi connectivity index (χ0v) is 22.0. The summed E-state index contributed by atoms with van der Waals surface area (Å²) >= 11 is 0. The Bertz CT molecular complexity index is 1580. The molecule has 6 rings (SSSR count). The van der Waals surface area contributed by atoms with Gasteiger partial charge >= 0.3 is 6.09 Å². The van der Waals surface area contributed by atoms with Gasteiger partial charge in [0.05, 0.1) is 55.3 Å². The molecule has 6 N–H and O–H groups in total. The van der Waals surface area contributed by atoms with Crippen LogP contribution in [0, 0.1) is 0 Å². The summed E-state index contributed by atoms with van der Waals surface area (Å²) in [5.41, 5.74) is 18.7. The molecule has 3 aromatic carbocycles. The fourth-order valence-corrected chi connectivity index (χ4v) is 5.35. The van der Waals surface area contributed by atoms with Gasteiger partial charge in [0.15, 0.2) is 5.79 Å². The SMILES string of the molecule is COC(=O)NCC(=O)N1CC2(C[C@H]1c1nc3ccc(-c4ccc(-c5ccc(N)c(N)c5)cc4)cc3[nH]1)OCCO2. The van der Waals surface area contributed by atoms with Gasteiger partial charge in [-0.25, -0.2) is 9.78 Å². The highest BCUT2D eigenvalue weighted by atomic mass is 16.7. The average molecular weight is 543 g/mol. The number of imidazole rings is 1. The van der Waals surface area contributed by atoms with Crippen LogP contribution in [0.1, 0.15) is 18.3 Å². The van der Waals surface area contributed by atoms with Gasteiger partial charge in [-0.15, -0.1) is 0 Å². The number of H-pyrrole nitrogens is 1. The van der Waals surface area contributed by atoms with Crippen LogP contribution in [0.3, 0.4) is 0 Å². The van der Waals surface area contributed by atoms with Crippen LogP contribution in [-0.2, 0) is 19.0 Å². The van der Waals surface area contributed by atoms with Crippen LogP contribution in [0.15, 0.2) is 60.7 Å². The number of likely N-dealkylation sites (tertiary alicyclic amines) is 1. The topological polar surface area (TPSA) is 158 Å². The second-order valence-corrected chi connectivity index (χ2v) is 9.97. The maximum Gasteiger partial charge on any atom is 0.407 e. The molecule has 0 radical (unpaired) electrons. The fraction of sp³-hybridized carbons (Fsp3) is 0.276. The van der Waals surface area contributed by atoms with E-state index in [1.54, 1.807) is 4.90 Å². The molecule has 4 aromatic rings. The summed E-state index contributed by atoms with van der Waals surface area (Å²) < 4.78 is 16.4. The Hall–Kier alpha value is -4.61. The molecule has 0 saturated carbocycles. The van der Waals surface area contributed by atoms with Crippen LogP contribution in [0.25, 0.3) is 33.3 Å². The van der Waals surface area contributed by atoms with Crippen molar-refractivity contribution in [1.82, 2.24) is 20.2 Å². The molecular weight excluding hydrogens is 512 g/mol. The van der Waals surface area contributed by atoms with Crippen LogP contribution in [0.2, 0.25) is 0 Å². The standard InChI is InChI=1S/C29H30N6O5/c1-38-28(37)32-15-26(36)35-16-29(39-10-11-40-29)14-25(35)27-33-23-9-7-20(13-24(23)34-27)18-4-2-17(3-5-18)19-6-8-21(30)22(31)12-19/h2-9,12-13,25H,10-11,14-16,30-31H2,1H3,(H,32,37)(H,33,34)/t25-/m0/s1. The minimum atomic E-state index is -0.882. The molecule has 2 fully saturated rings. The number of nitrogen functional groups attached to an aromatic ring is 2. The van der Waals surface area contributed by atoms with E-state index in [9.17, 15) is 9.59 Å². The number of hydrogen-bond acceptors (Lipinski definition) is 8. The highest BCUT2D eigenvalue weighted by Crippen LogP contribution is 2.42. The number of alkyl carbamates (subject to hydrolysis) is 1. The number of benzene rings is 3. The third-order valence-corrected chi connectivity index (χ3v) is 7.45. The van der Waals surface area contributed by atoms with E-state index in [1.807, 2.05) is 48.5 Å². The molecule has 1 atom stereocenters. The van der Waals surface area contributed by atoms with Crippen molar-refractivity contribution in [3.05, 3.63) is 66.5 Å². The first kappa shape index (κ1) is 25.7. The fourth-order valence-electron chi connectivity index (χ4n) is 5.35. The molecule has 2 amide bonds. The molecule has 0 bridgehead atoms. The van der Waals surface area contributed by atoms with Crippen LogP contribution in [0.5, 0.6) is 0 Å². The number of nitrogens with zero attached hydrogens (tertiary/aromatic N) is 2. The van der Waals surface area contributed by atoms with E-state index in [0.29, 0.717) is 36.8 Å². The van der Waals surface area contributed by atoms with Gasteiger partial charge in [0.1, 0.15) is 12.4 Å². The monoisotopic (exact) mass is 542 g/mol. The molecule has 2 aliphatic rings. The minimum absolute atomic E-state index is 0.206. The van der Waals surface area contributed by atoms with Crippen molar-refractivity contribution in [3.63, 3.8) is 0 Å².